The van der Waals surface area contributed by atoms with Crippen molar-refractivity contribution in [3.63, 3.8) is 0 Å². The molecule has 1 aliphatic rings. The molecule has 2 aromatic rings. The van der Waals surface area contributed by atoms with E-state index in [1.54, 1.807) is 20.3 Å². The lowest BCUT2D eigenvalue weighted by molar-refractivity contribution is -0.128. The number of ether oxygens (including phenoxy) is 4. The van der Waals surface area contributed by atoms with Crippen LogP contribution < -0.4 is 34.5 Å². The van der Waals surface area contributed by atoms with Crippen LogP contribution in [-0.4, -0.2) is 80.4 Å². The van der Waals surface area contributed by atoms with Crippen LogP contribution in [0.4, 0.5) is 5.95 Å². The third-order valence-corrected chi connectivity index (χ3v) is 5.67. The Morgan fingerprint density at radius 3 is 2.20 bits per heavy atom. The highest BCUT2D eigenvalue weighted by Crippen LogP contribution is 2.31. The fourth-order valence-electron chi connectivity index (χ4n) is 3.97. The lowest BCUT2D eigenvalue weighted by Crippen LogP contribution is -2.52. The number of amides is 2. The predicted octanol–water partition coefficient (Wildman–Crippen LogP) is 0.738. The third-order valence-electron chi connectivity index (χ3n) is 5.67. The molecule has 190 valence electrons. The van der Waals surface area contributed by atoms with Crippen molar-refractivity contribution in [2.45, 2.75) is 38.3 Å². The Kier molecular flexibility index (Phi) is 8.87. The molecule has 2 N–H and O–H groups in total. The van der Waals surface area contributed by atoms with Crippen LogP contribution in [0.1, 0.15) is 25.3 Å². The molecule has 0 aliphatic carbocycles. The van der Waals surface area contributed by atoms with Crippen molar-refractivity contribution in [1.29, 1.82) is 0 Å². The molecule has 12 nitrogen and oxygen atoms in total. The summed E-state index contributed by atoms with van der Waals surface area (Å²) in [5.41, 5.74) is 0.758. The number of carbonyl (C=O) groups excluding carboxylic acids is 2. The Bertz CT molecular complexity index is 1010. The average Bonchev–Trinajstić information content (AvgIpc) is 2.87. The summed E-state index contributed by atoms with van der Waals surface area (Å²) < 4.78 is 21.1. The van der Waals surface area contributed by atoms with Gasteiger partial charge in [-0.2, -0.15) is 9.97 Å². The minimum Gasteiger partial charge on any atom is -0.493 e. The summed E-state index contributed by atoms with van der Waals surface area (Å²) >= 11 is 0. The van der Waals surface area contributed by atoms with Gasteiger partial charge in [0.15, 0.2) is 11.5 Å². The predicted molar refractivity (Wildman–Crippen MR) is 127 cm³/mol. The summed E-state index contributed by atoms with van der Waals surface area (Å²) in [5, 5.41) is 5.83. The van der Waals surface area contributed by atoms with E-state index in [1.807, 2.05) is 17.0 Å². The second kappa shape index (κ2) is 12.0. The fourth-order valence-corrected chi connectivity index (χ4v) is 3.97. The van der Waals surface area contributed by atoms with Gasteiger partial charge in [0, 0.05) is 38.0 Å². The first-order valence-electron chi connectivity index (χ1n) is 11.2. The summed E-state index contributed by atoms with van der Waals surface area (Å²) in [4.78, 5) is 39.6. The lowest BCUT2D eigenvalue weighted by Gasteiger charge is -2.33. The van der Waals surface area contributed by atoms with Gasteiger partial charge in [0.05, 0.1) is 28.4 Å². The monoisotopic (exact) mass is 488 g/mol. The Hall–Kier alpha value is -3.83. The molecule has 35 heavy (non-hydrogen) atoms. The average molecular weight is 489 g/mol. The number of anilines is 1. The van der Waals surface area contributed by atoms with Crippen LogP contribution in [0.3, 0.4) is 0 Å². The molecule has 1 atom stereocenters. The van der Waals surface area contributed by atoms with E-state index < -0.39 is 6.04 Å². The molecular weight excluding hydrogens is 456 g/mol. The van der Waals surface area contributed by atoms with Crippen LogP contribution in [0.25, 0.3) is 0 Å². The second-order valence-electron chi connectivity index (χ2n) is 7.99. The van der Waals surface area contributed by atoms with Gasteiger partial charge in [-0.25, -0.2) is 0 Å². The molecule has 1 aromatic heterocycles. The van der Waals surface area contributed by atoms with Crippen LogP contribution in [0.2, 0.25) is 0 Å². The number of nitrogens with zero attached hydrogens (tertiary/aromatic N) is 4. The van der Waals surface area contributed by atoms with Gasteiger partial charge in [-0.05, 0) is 18.9 Å². The molecule has 0 unspecified atom stereocenters. The molecule has 1 saturated heterocycles. The molecule has 1 fully saturated rings. The number of para-hydroxylation sites is 1. The van der Waals surface area contributed by atoms with E-state index >= 15 is 0 Å². The summed E-state index contributed by atoms with van der Waals surface area (Å²) in [5.74, 6) is 1.01. The van der Waals surface area contributed by atoms with E-state index in [0.717, 1.165) is 5.56 Å². The number of piperidine rings is 1. The van der Waals surface area contributed by atoms with Crippen molar-refractivity contribution < 1.29 is 28.5 Å². The van der Waals surface area contributed by atoms with Gasteiger partial charge < -0.3 is 34.5 Å². The Morgan fingerprint density at radius 2 is 1.66 bits per heavy atom. The molecule has 3 rings (SSSR count). The van der Waals surface area contributed by atoms with Crippen LogP contribution >= 0.6 is 0 Å². The van der Waals surface area contributed by atoms with Crippen molar-refractivity contribution in [2.75, 3.05) is 46.4 Å². The summed E-state index contributed by atoms with van der Waals surface area (Å²) in [6.07, 6.45) is 1.61. The highest BCUT2D eigenvalue weighted by Gasteiger charge is 2.28. The molecular formula is C23H32N6O6. The van der Waals surface area contributed by atoms with Crippen molar-refractivity contribution in [3.8, 4) is 23.5 Å². The van der Waals surface area contributed by atoms with E-state index in [2.05, 4.69) is 25.6 Å². The topological polar surface area (TPSA) is 137 Å². The molecule has 0 saturated carbocycles. The van der Waals surface area contributed by atoms with Crippen molar-refractivity contribution in [2.24, 2.45) is 0 Å². The van der Waals surface area contributed by atoms with Gasteiger partial charge in [0.25, 0.3) is 0 Å². The van der Waals surface area contributed by atoms with Crippen LogP contribution in [0, 0.1) is 0 Å². The lowest BCUT2D eigenvalue weighted by atomic mass is 10.0. The second-order valence-corrected chi connectivity index (χ2v) is 7.99. The van der Waals surface area contributed by atoms with E-state index in [-0.39, 0.29) is 36.3 Å². The van der Waals surface area contributed by atoms with Gasteiger partial charge >= 0.3 is 12.0 Å². The zero-order valence-corrected chi connectivity index (χ0v) is 20.7. The minimum atomic E-state index is -0.761. The van der Waals surface area contributed by atoms with Gasteiger partial charge in [0.2, 0.25) is 17.8 Å². The van der Waals surface area contributed by atoms with E-state index in [9.17, 15) is 9.59 Å². The maximum Gasteiger partial charge on any atom is 0.324 e. The number of benzene rings is 1. The summed E-state index contributed by atoms with van der Waals surface area (Å²) in [6, 6.07) is 4.97. The highest BCUT2D eigenvalue weighted by molar-refractivity contribution is 5.87. The molecule has 0 radical (unpaired) electrons. The molecule has 2 heterocycles. The zero-order valence-electron chi connectivity index (χ0n) is 20.7. The summed E-state index contributed by atoms with van der Waals surface area (Å²) in [6.45, 7) is 2.63. The first-order valence-corrected chi connectivity index (χ1v) is 11.2. The van der Waals surface area contributed by atoms with Crippen LogP contribution in [0.15, 0.2) is 18.2 Å². The standard InChI is InChI=1S/C23H32N6O6/c1-14(30)24-17(13-15-7-6-8-18(32-2)19(15)33-3)20(31)25-16-9-11-29(12-10-16)21-26-22(34-4)28-23(27-21)35-5/h6-8,16-17H,9-13H2,1-5H3,(H,24,30)(H,25,31)/t17-/m1/s1. The molecule has 0 spiro atoms. The number of hydrogen-bond donors (Lipinski definition) is 2. The molecule has 2 amide bonds. The number of hydrogen-bond acceptors (Lipinski definition) is 10. The zero-order chi connectivity index (χ0) is 25.4. The number of nitrogens with one attached hydrogen (secondary N) is 2. The largest absolute Gasteiger partial charge is 0.493 e. The van der Waals surface area contributed by atoms with Gasteiger partial charge in [-0.1, -0.05) is 12.1 Å². The van der Waals surface area contributed by atoms with Crippen LogP contribution in [-0.2, 0) is 16.0 Å². The molecule has 1 aromatic carbocycles. The van der Waals surface area contributed by atoms with Crippen molar-refractivity contribution in [1.82, 2.24) is 25.6 Å². The van der Waals surface area contributed by atoms with Gasteiger partial charge in [-0.3, -0.25) is 9.59 Å². The highest BCUT2D eigenvalue weighted by atomic mass is 16.5. The molecule has 0 bridgehead atoms. The quantitative estimate of drug-likeness (QED) is 0.493. The maximum atomic E-state index is 13.1. The van der Waals surface area contributed by atoms with Crippen molar-refractivity contribution in [3.05, 3.63) is 23.8 Å². The first-order chi connectivity index (χ1) is 16.9. The Morgan fingerprint density at radius 1 is 1.00 bits per heavy atom. The Balaban J connectivity index is 1.65. The number of aromatic nitrogens is 3. The summed E-state index contributed by atoms with van der Waals surface area (Å²) in [7, 11) is 6.05. The van der Waals surface area contributed by atoms with E-state index in [0.29, 0.717) is 43.4 Å². The van der Waals surface area contributed by atoms with Gasteiger partial charge in [-0.15, -0.1) is 4.98 Å². The number of methoxy groups -OCH3 is 4. The number of carbonyl (C=O) groups is 2. The minimum absolute atomic E-state index is 0.0622. The van der Waals surface area contributed by atoms with E-state index in [1.165, 1.54) is 21.1 Å². The molecule has 12 heteroatoms. The smallest absolute Gasteiger partial charge is 0.324 e. The molecule has 1 aliphatic heterocycles. The third kappa shape index (κ3) is 6.61. The Labute approximate surface area is 204 Å². The van der Waals surface area contributed by atoms with Crippen molar-refractivity contribution >= 4 is 17.8 Å². The normalized spacial score (nSPS) is 14.6. The number of rotatable bonds is 10. The van der Waals surface area contributed by atoms with Gasteiger partial charge in [0.1, 0.15) is 6.04 Å². The SMILES string of the molecule is COc1nc(OC)nc(N2CCC(NC(=O)[C@@H](Cc3cccc(OC)c3OC)NC(C)=O)CC2)n1. The van der Waals surface area contributed by atoms with Crippen LogP contribution in [0.5, 0.6) is 23.5 Å². The first kappa shape index (κ1) is 25.8. The maximum absolute atomic E-state index is 13.1. The van der Waals surface area contributed by atoms with E-state index in [4.69, 9.17) is 18.9 Å². The fraction of sp³-hybridized carbons (Fsp3) is 0.522.